The highest BCUT2D eigenvalue weighted by molar-refractivity contribution is 5.95. The minimum absolute atomic E-state index is 0.0673. The first-order valence-electron chi connectivity index (χ1n) is 11.3. The number of carbonyl (C=O) groups is 1. The van der Waals surface area contributed by atoms with Crippen molar-refractivity contribution in [3.05, 3.63) is 60.2 Å². The summed E-state index contributed by atoms with van der Waals surface area (Å²) >= 11 is 0. The number of aromatic nitrogens is 5. The van der Waals surface area contributed by atoms with Crippen LogP contribution < -0.4 is 10.2 Å². The van der Waals surface area contributed by atoms with E-state index in [-0.39, 0.29) is 23.1 Å². The Hall–Kier alpha value is -3.54. The maximum atomic E-state index is 12.9. The first kappa shape index (κ1) is 23.2. The standard InChI is InChI=1S/C23H25F3N8O/c1-32(2)22(16-6-4-3-5-7-16)10-8-21(9-11-22)15-33(20(35)29-21)17-12-27-19(28-13-17)34-14-18(30-31-34)23(24,25)26/h3-7,12-14H,8-11,15H2,1-2H3,(H,29,35). The van der Waals surface area contributed by atoms with Crippen molar-refractivity contribution >= 4 is 11.7 Å². The van der Waals surface area contributed by atoms with Gasteiger partial charge in [0.05, 0.1) is 36.4 Å². The van der Waals surface area contributed by atoms with E-state index in [1.165, 1.54) is 18.0 Å². The van der Waals surface area contributed by atoms with Gasteiger partial charge in [0.1, 0.15) is 0 Å². The third-order valence-electron chi connectivity index (χ3n) is 7.20. The molecule has 2 fully saturated rings. The van der Waals surface area contributed by atoms with E-state index >= 15 is 0 Å². The lowest BCUT2D eigenvalue weighted by Gasteiger charge is -2.48. The molecule has 1 spiro atoms. The Labute approximate surface area is 200 Å². The highest BCUT2D eigenvalue weighted by Crippen LogP contribution is 2.46. The molecule has 5 rings (SSSR count). The fourth-order valence-electron chi connectivity index (χ4n) is 5.15. The molecule has 35 heavy (non-hydrogen) atoms. The summed E-state index contributed by atoms with van der Waals surface area (Å²) in [4.78, 5) is 24.9. The Morgan fingerprint density at radius 1 is 1.03 bits per heavy atom. The summed E-state index contributed by atoms with van der Waals surface area (Å²) in [5, 5.41) is 9.72. The van der Waals surface area contributed by atoms with Crippen molar-refractivity contribution in [1.82, 2.24) is 35.2 Å². The molecule has 1 aliphatic carbocycles. The fourth-order valence-corrected chi connectivity index (χ4v) is 5.15. The normalized spacial score (nSPS) is 24.9. The van der Waals surface area contributed by atoms with Crippen LogP contribution in [0.3, 0.4) is 0 Å². The molecule has 1 saturated carbocycles. The van der Waals surface area contributed by atoms with Crippen molar-refractivity contribution in [3.63, 3.8) is 0 Å². The van der Waals surface area contributed by atoms with E-state index in [0.29, 0.717) is 12.2 Å². The van der Waals surface area contributed by atoms with Crippen molar-refractivity contribution in [2.75, 3.05) is 25.5 Å². The number of halogens is 3. The van der Waals surface area contributed by atoms with Crippen molar-refractivity contribution in [1.29, 1.82) is 0 Å². The van der Waals surface area contributed by atoms with E-state index in [1.807, 2.05) is 6.07 Å². The number of amides is 2. The van der Waals surface area contributed by atoms with Crippen LogP contribution in [0.25, 0.3) is 5.95 Å². The number of urea groups is 1. The number of nitrogens with one attached hydrogen (secondary N) is 1. The average Bonchev–Trinajstić information content (AvgIpc) is 3.46. The van der Waals surface area contributed by atoms with Crippen LogP contribution in [0.1, 0.15) is 36.9 Å². The molecule has 184 valence electrons. The van der Waals surface area contributed by atoms with Gasteiger partial charge in [0.15, 0.2) is 5.69 Å². The molecule has 0 radical (unpaired) electrons. The molecule has 3 heterocycles. The Morgan fingerprint density at radius 2 is 1.69 bits per heavy atom. The predicted molar refractivity (Wildman–Crippen MR) is 121 cm³/mol. The second kappa shape index (κ2) is 8.29. The zero-order valence-electron chi connectivity index (χ0n) is 19.3. The van der Waals surface area contributed by atoms with Gasteiger partial charge in [-0.15, -0.1) is 5.10 Å². The molecule has 0 unspecified atom stereocenters. The van der Waals surface area contributed by atoms with Gasteiger partial charge in [0.2, 0.25) is 0 Å². The first-order chi connectivity index (χ1) is 16.6. The van der Waals surface area contributed by atoms with Crippen LogP contribution in [0.5, 0.6) is 0 Å². The summed E-state index contributed by atoms with van der Waals surface area (Å²) in [6.07, 6.45) is 2.33. The van der Waals surface area contributed by atoms with Gasteiger partial charge in [-0.05, 0) is 45.3 Å². The number of hydrogen-bond acceptors (Lipinski definition) is 6. The Bertz CT molecular complexity index is 1200. The van der Waals surface area contributed by atoms with Gasteiger partial charge in [0, 0.05) is 5.54 Å². The Kier molecular flexibility index (Phi) is 5.50. The monoisotopic (exact) mass is 486 g/mol. The second-order valence-corrected chi connectivity index (χ2v) is 9.38. The largest absolute Gasteiger partial charge is 0.436 e. The third kappa shape index (κ3) is 4.11. The quantitative estimate of drug-likeness (QED) is 0.608. The number of alkyl halides is 3. The minimum Gasteiger partial charge on any atom is -0.330 e. The molecule has 0 bridgehead atoms. The number of carbonyl (C=O) groups excluding carboxylic acids is 1. The highest BCUT2D eigenvalue weighted by atomic mass is 19.4. The van der Waals surface area contributed by atoms with Gasteiger partial charge in [0.25, 0.3) is 5.95 Å². The molecular formula is C23H25F3N8O. The first-order valence-corrected chi connectivity index (χ1v) is 11.3. The van der Waals surface area contributed by atoms with Crippen LogP contribution in [0.15, 0.2) is 48.9 Å². The molecule has 1 N–H and O–H groups in total. The van der Waals surface area contributed by atoms with Crippen LogP contribution >= 0.6 is 0 Å². The third-order valence-corrected chi connectivity index (χ3v) is 7.20. The average molecular weight is 487 g/mol. The van der Waals surface area contributed by atoms with Gasteiger partial charge in [-0.1, -0.05) is 35.5 Å². The van der Waals surface area contributed by atoms with E-state index in [1.54, 1.807) is 4.90 Å². The number of benzene rings is 1. The summed E-state index contributed by atoms with van der Waals surface area (Å²) in [6, 6.07) is 10.2. The fraction of sp³-hybridized carbons (Fsp3) is 0.435. The minimum atomic E-state index is -4.61. The molecule has 3 aromatic rings. The maximum absolute atomic E-state index is 12.9. The van der Waals surface area contributed by atoms with Gasteiger partial charge < -0.3 is 5.32 Å². The van der Waals surface area contributed by atoms with Crippen molar-refractivity contribution in [3.8, 4) is 5.95 Å². The summed E-state index contributed by atoms with van der Waals surface area (Å²) in [5.41, 5.74) is 0.145. The molecule has 1 aromatic carbocycles. The summed E-state index contributed by atoms with van der Waals surface area (Å²) in [5.74, 6) is -0.0673. The zero-order chi connectivity index (χ0) is 24.8. The molecule has 1 saturated heterocycles. The summed E-state index contributed by atoms with van der Waals surface area (Å²) < 4.78 is 39.2. The number of hydrogen-bond donors (Lipinski definition) is 1. The van der Waals surface area contributed by atoms with Crippen LogP contribution in [-0.2, 0) is 11.7 Å². The van der Waals surface area contributed by atoms with E-state index in [9.17, 15) is 18.0 Å². The predicted octanol–water partition coefficient (Wildman–Crippen LogP) is 3.38. The number of anilines is 1. The van der Waals surface area contributed by atoms with Gasteiger partial charge in [-0.25, -0.2) is 14.8 Å². The van der Waals surface area contributed by atoms with Gasteiger partial charge in [-0.2, -0.15) is 17.9 Å². The second-order valence-electron chi connectivity index (χ2n) is 9.38. The van der Waals surface area contributed by atoms with Gasteiger partial charge in [-0.3, -0.25) is 9.80 Å². The molecule has 1 aliphatic heterocycles. The van der Waals surface area contributed by atoms with Crippen molar-refractivity contribution < 1.29 is 18.0 Å². The van der Waals surface area contributed by atoms with Gasteiger partial charge >= 0.3 is 12.2 Å². The van der Waals surface area contributed by atoms with Crippen LogP contribution in [-0.4, -0.2) is 62.1 Å². The van der Waals surface area contributed by atoms with E-state index in [2.05, 4.69) is 68.9 Å². The summed E-state index contributed by atoms with van der Waals surface area (Å²) in [7, 11) is 4.19. The highest BCUT2D eigenvalue weighted by Gasteiger charge is 2.50. The van der Waals surface area contributed by atoms with E-state index in [4.69, 9.17) is 0 Å². The molecule has 2 aliphatic rings. The van der Waals surface area contributed by atoms with Crippen molar-refractivity contribution in [2.24, 2.45) is 0 Å². The number of nitrogens with zero attached hydrogens (tertiary/aromatic N) is 7. The lowest BCUT2D eigenvalue weighted by atomic mass is 9.69. The topological polar surface area (TPSA) is 92.1 Å². The maximum Gasteiger partial charge on any atom is 0.436 e. The van der Waals surface area contributed by atoms with Crippen LogP contribution in [0, 0.1) is 0 Å². The van der Waals surface area contributed by atoms with E-state index in [0.717, 1.165) is 36.6 Å². The van der Waals surface area contributed by atoms with Crippen molar-refractivity contribution in [2.45, 2.75) is 42.9 Å². The molecule has 0 atom stereocenters. The summed E-state index contributed by atoms with van der Waals surface area (Å²) in [6.45, 7) is 0.467. The lowest BCUT2D eigenvalue weighted by Crippen LogP contribution is -2.54. The SMILES string of the molecule is CN(C)C1(c2ccccc2)CCC2(CC1)CN(c1cnc(-n3cc(C(F)(F)F)nn3)nc1)C(=O)N2. The molecule has 2 amide bonds. The lowest BCUT2D eigenvalue weighted by molar-refractivity contribution is -0.141. The molecule has 12 heteroatoms. The smallest absolute Gasteiger partial charge is 0.330 e. The van der Waals surface area contributed by atoms with E-state index < -0.39 is 11.9 Å². The zero-order valence-corrected chi connectivity index (χ0v) is 19.3. The number of rotatable bonds is 4. The Balaban J connectivity index is 1.31. The van der Waals surface area contributed by atoms with Crippen LogP contribution in [0.4, 0.5) is 23.7 Å². The molecular weight excluding hydrogens is 461 g/mol. The molecule has 2 aromatic heterocycles. The van der Waals surface area contributed by atoms with Crippen LogP contribution in [0.2, 0.25) is 0 Å². The molecule has 9 nitrogen and oxygen atoms in total. The Morgan fingerprint density at radius 3 is 2.26 bits per heavy atom.